The maximum absolute atomic E-state index is 5.54. The minimum absolute atomic E-state index is 0.669. The van der Waals surface area contributed by atoms with Gasteiger partial charge in [0.25, 0.3) is 0 Å². The Kier molecular flexibility index (Phi) is 4.20. The van der Waals surface area contributed by atoms with Crippen LogP contribution in [0.4, 0.5) is 0 Å². The van der Waals surface area contributed by atoms with E-state index < -0.39 is 0 Å². The van der Waals surface area contributed by atoms with Crippen molar-refractivity contribution in [1.29, 1.82) is 0 Å². The van der Waals surface area contributed by atoms with Crippen molar-refractivity contribution in [1.82, 2.24) is 14.8 Å². The fourth-order valence-electron chi connectivity index (χ4n) is 1.41. The highest BCUT2D eigenvalue weighted by Gasteiger charge is 2.07. The van der Waals surface area contributed by atoms with Crippen molar-refractivity contribution in [3.05, 3.63) is 34.6 Å². The molecule has 0 saturated carbocycles. The molecule has 2 rings (SSSR count). The van der Waals surface area contributed by atoms with Crippen molar-refractivity contribution in [2.45, 2.75) is 16.5 Å². The van der Waals surface area contributed by atoms with Crippen LogP contribution in [0.25, 0.3) is 0 Å². The molecule has 17 heavy (non-hydrogen) atoms. The largest absolute Gasteiger partial charge is 0.330 e. The summed E-state index contributed by atoms with van der Waals surface area (Å²) in [5, 5.41) is 8.77. The molecule has 0 radical (unpaired) electrons. The summed E-state index contributed by atoms with van der Waals surface area (Å²) in [6, 6.07) is 6.27. The molecule has 2 N–H and O–H groups in total. The summed E-state index contributed by atoms with van der Waals surface area (Å²) in [7, 11) is 1.93. The SMILES string of the molecule is Cn1cnnc1Sc1ccc(CCN)cc1Br. The number of hydrogen-bond acceptors (Lipinski definition) is 4. The van der Waals surface area contributed by atoms with Crippen LogP contribution < -0.4 is 5.73 Å². The van der Waals surface area contributed by atoms with Gasteiger partial charge in [-0.2, -0.15) is 0 Å². The van der Waals surface area contributed by atoms with Crippen molar-refractivity contribution in [3.8, 4) is 0 Å². The van der Waals surface area contributed by atoms with Crippen LogP contribution in [0.15, 0.2) is 39.1 Å². The van der Waals surface area contributed by atoms with Gasteiger partial charge in [-0.25, -0.2) is 0 Å². The van der Waals surface area contributed by atoms with Crippen LogP contribution in [0, 0.1) is 0 Å². The quantitative estimate of drug-likeness (QED) is 0.940. The zero-order chi connectivity index (χ0) is 12.3. The van der Waals surface area contributed by atoms with Gasteiger partial charge in [0.1, 0.15) is 6.33 Å². The Hall–Kier alpha value is -0.850. The van der Waals surface area contributed by atoms with Crippen LogP contribution in [-0.4, -0.2) is 21.3 Å². The van der Waals surface area contributed by atoms with E-state index in [1.165, 1.54) is 5.56 Å². The average Bonchev–Trinajstić information content (AvgIpc) is 2.69. The monoisotopic (exact) mass is 312 g/mol. The van der Waals surface area contributed by atoms with Gasteiger partial charge in [0.15, 0.2) is 5.16 Å². The molecule has 0 aliphatic carbocycles. The summed E-state index contributed by atoms with van der Waals surface area (Å²) in [6.45, 7) is 0.669. The number of aromatic nitrogens is 3. The first kappa shape index (κ1) is 12.6. The van der Waals surface area contributed by atoms with Gasteiger partial charge in [0.05, 0.1) is 0 Å². The summed E-state index contributed by atoms with van der Waals surface area (Å²) in [5.74, 6) is 0. The molecule has 1 heterocycles. The van der Waals surface area contributed by atoms with Crippen LogP contribution >= 0.6 is 27.7 Å². The maximum Gasteiger partial charge on any atom is 0.195 e. The van der Waals surface area contributed by atoms with E-state index in [1.807, 2.05) is 11.6 Å². The second-order valence-electron chi connectivity index (χ2n) is 3.63. The molecule has 1 aromatic carbocycles. The van der Waals surface area contributed by atoms with Crippen molar-refractivity contribution in [2.75, 3.05) is 6.54 Å². The van der Waals surface area contributed by atoms with Crippen LogP contribution in [0.3, 0.4) is 0 Å². The molecule has 0 bridgehead atoms. The molecule has 0 amide bonds. The molecular formula is C11H13BrN4S. The molecule has 0 aliphatic rings. The Morgan fingerprint density at radius 3 is 2.88 bits per heavy atom. The van der Waals surface area contributed by atoms with Crippen molar-refractivity contribution < 1.29 is 0 Å². The van der Waals surface area contributed by atoms with E-state index >= 15 is 0 Å². The smallest absolute Gasteiger partial charge is 0.195 e. The van der Waals surface area contributed by atoms with E-state index in [4.69, 9.17) is 5.73 Å². The minimum atomic E-state index is 0.669. The van der Waals surface area contributed by atoms with Gasteiger partial charge in [0, 0.05) is 16.4 Å². The summed E-state index contributed by atoms with van der Waals surface area (Å²) in [4.78, 5) is 1.13. The van der Waals surface area contributed by atoms with Crippen LogP contribution in [-0.2, 0) is 13.5 Å². The lowest BCUT2D eigenvalue weighted by Crippen LogP contribution is -2.02. The fourth-order valence-corrected chi connectivity index (χ4v) is 2.85. The normalized spacial score (nSPS) is 10.8. The van der Waals surface area contributed by atoms with Crippen LogP contribution in [0.1, 0.15) is 5.56 Å². The lowest BCUT2D eigenvalue weighted by molar-refractivity contribution is 0.788. The van der Waals surface area contributed by atoms with E-state index in [-0.39, 0.29) is 0 Å². The summed E-state index contributed by atoms with van der Waals surface area (Å²) in [6.07, 6.45) is 2.59. The molecule has 6 heteroatoms. The molecule has 0 spiro atoms. The third-order valence-electron chi connectivity index (χ3n) is 2.30. The predicted octanol–water partition coefficient (Wildman–Crippen LogP) is 2.23. The van der Waals surface area contributed by atoms with Gasteiger partial charge in [-0.05, 0) is 58.4 Å². The van der Waals surface area contributed by atoms with Crippen molar-refractivity contribution >= 4 is 27.7 Å². The topological polar surface area (TPSA) is 56.7 Å². The number of nitrogens with zero attached hydrogens (tertiary/aromatic N) is 3. The van der Waals surface area contributed by atoms with Gasteiger partial charge in [-0.3, -0.25) is 0 Å². The Balaban J connectivity index is 2.19. The standard InChI is InChI=1S/C11H13BrN4S/c1-16-7-14-15-11(16)17-10-3-2-8(4-5-13)6-9(10)12/h2-3,6-7H,4-5,13H2,1H3. The van der Waals surface area contributed by atoms with E-state index in [2.05, 4.69) is 44.3 Å². The highest BCUT2D eigenvalue weighted by atomic mass is 79.9. The lowest BCUT2D eigenvalue weighted by Gasteiger charge is -2.06. The Morgan fingerprint density at radius 2 is 2.29 bits per heavy atom. The van der Waals surface area contributed by atoms with Crippen molar-refractivity contribution in [2.24, 2.45) is 12.8 Å². The molecule has 90 valence electrons. The number of hydrogen-bond donors (Lipinski definition) is 1. The average molecular weight is 313 g/mol. The molecule has 0 atom stereocenters. The number of aryl methyl sites for hydroxylation is 1. The highest BCUT2D eigenvalue weighted by molar-refractivity contribution is 9.10. The first-order chi connectivity index (χ1) is 8.20. The Bertz CT molecular complexity index is 512. The molecule has 2 aromatic rings. The molecule has 0 fully saturated rings. The second kappa shape index (κ2) is 5.66. The molecule has 4 nitrogen and oxygen atoms in total. The zero-order valence-electron chi connectivity index (χ0n) is 9.43. The van der Waals surface area contributed by atoms with Crippen LogP contribution in [0.2, 0.25) is 0 Å². The number of nitrogens with two attached hydrogens (primary N) is 1. The summed E-state index contributed by atoms with van der Waals surface area (Å²) < 4.78 is 2.96. The Labute approximate surface area is 113 Å². The lowest BCUT2D eigenvalue weighted by atomic mass is 10.2. The van der Waals surface area contributed by atoms with E-state index in [0.29, 0.717) is 6.54 Å². The van der Waals surface area contributed by atoms with Gasteiger partial charge >= 0.3 is 0 Å². The first-order valence-corrected chi connectivity index (χ1v) is 6.82. The third-order valence-corrected chi connectivity index (χ3v) is 4.35. The maximum atomic E-state index is 5.54. The van der Waals surface area contributed by atoms with E-state index in [9.17, 15) is 0 Å². The summed E-state index contributed by atoms with van der Waals surface area (Å²) in [5.41, 5.74) is 6.77. The molecule has 0 aliphatic heterocycles. The highest BCUT2D eigenvalue weighted by Crippen LogP contribution is 2.32. The van der Waals surface area contributed by atoms with Gasteiger partial charge < -0.3 is 10.3 Å². The van der Waals surface area contributed by atoms with Gasteiger partial charge in [-0.1, -0.05) is 6.07 Å². The number of halogens is 1. The Morgan fingerprint density at radius 1 is 1.47 bits per heavy atom. The molecule has 0 unspecified atom stereocenters. The number of benzene rings is 1. The van der Waals surface area contributed by atoms with Gasteiger partial charge in [0.2, 0.25) is 0 Å². The first-order valence-electron chi connectivity index (χ1n) is 5.21. The third kappa shape index (κ3) is 3.08. The van der Waals surface area contributed by atoms with Crippen LogP contribution in [0.5, 0.6) is 0 Å². The molecule has 0 saturated heterocycles. The van der Waals surface area contributed by atoms with E-state index in [0.717, 1.165) is 20.9 Å². The second-order valence-corrected chi connectivity index (χ2v) is 5.49. The number of rotatable bonds is 4. The fraction of sp³-hybridized carbons (Fsp3) is 0.273. The van der Waals surface area contributed by atoms with Crippen molar-refractivity contribution in [3.63, 3.8) is 0 Å². The summed E-state index contributed by atoms with van der Waals surface area (Å²) >= 11 is 5.15. The molecule has 1 aromatic heterocycles. The zero-order valence-corrected chi connectivity index (χ0v) is 11.8. The van der Waals surface area contributed by atoms with E-state index in [1.54, 1.807) is 18.1 Å². The van der Waals surface area contributed by atoms with Gasteiger partial charge in [-0.15, -0.1) is 10.2 Å². The predicted molar refractivity (Wildman–Crippen MR) is 72.0 cm³/mol. The minimum Gasteiger partial charge on any atom is -0.330 e. The molecular weight excluding hydrogens is 300 g/mol.